The van der Waals surface area contributed by atoms with Gasteiger partial charge < -0.3 is 5.11 Å². The first-order valence-electron chi connectivity index (χ1n) is 5.38. The molecule has 4 heteroatoms. The van der Waals surface area contributed by atoms with Crippen LogP contribution in [0, 0.1) is 6.92 Å². The number of hydrogen-bond acceptors (Lipinski definition) is 1. The maximum absolute atomic E-state index is 10.4. The number of rotatable bonds is 2. The SMILES string of the molecule is Cc1cc(Cl)ccc1C(O)c1cccc(Cl)c1Cl. The molecule has 1 atom stereocenters. The molecule has 0 aromatic heterocycles. The Balaban J connectivity index is 2.48. The van der Waals surface area contributed by atoms with Crippen molar-refractivity contribution in [3.63, 3.8) is 0 Å². The van der Waals surface area contributed by atoms with Crippen LogP contribution in [0.1, 0.15) is 22.8 Å². The summed E-state index contributed by atoms with van der Waals surface area (Å²) in [5.41, 5.74) is 2.27. The average Bonchev–Trinajstić information content (AvgIpc) is 2.32. The number of halogens is 3. The molecule has 2 aromatic carbocycles. The van der Waals surface area contributed by atoms with E-state index in [9.17, 15) is 5.11 Å². The summed E-state index contributed by atoms with van der Waals surface area (Å²) in [6.07, 6.45) is -0.812. The molecule has 1 N–H and O–H groups in total. The van der Waals surface area contributed by atoms with Gasteiger partial charge >= 0.3 is 0 Å². The maximum atomic E-state index is 10.4. The van der Waals surface area contributed by atoms with Gasteiger partial charge in [0, 0.05) is 10.6 Å². The number of aryl methyl sites for hydroxylation is 1. The van der Waals surface area contributed by atoms with E-state index in [0.29, 0.717) is 20.6 Å². The Kier molecular flexibility index (Phi) is 4.18. The molecule has 0 spiro atoms. The van der Waals surface area contributed by atoms with E-state index in [1.165, 1.54) is 0 Å². The van der Waals surface area contributed by atoms with Gasteiger partial charge in [0.1, 0.15) is 6.10 Å². The molecule has 0 aliphatic heterocycles. The molecule has 94 valence electrons. The van der Waals surface area contributed by atoms with Gasteiger partial charge in [0.05, 0.1) is 10.0 Å². The standard InChI is InChI=1S/C14H11Cl3O/c1-8-7-9(15)5-6-10(8)14(18)11-3-2-4-12(16)13(11)17/h2-7,14,18H,1H3. The normalized spacial score (nSPS) is 12.5. The summed E-state index contributed by atoms with van der Waals surface area (Å²) in [7, 11) is 0. The second kappa shape index (κ2) is 5.50. The third-order valence-corrected chi connectivity index (χ3v) is 3.87. The summed E-state index contributed by atoms with van der Waals surface area (Å²) in [6, 6.07) is 10.5. The highest BCUT2D eigenvalue weighted by Crippen LogP contribution is 2.34. The van der Waals surface area contributed by atoms with Crippen LogP contribution < -0.4 is 0 Å². The van der Waals surface area contributed by atoms with Crippen molar-refractivity contribution in [3.05, 3.63) is 68.2 Å². The van der Waals surface area contributed by atoms with E-state index < -0.39 is 6.10 Å². The Morgan fingerprint density at radius 2 is 1.72 bits per heavy atom. The highest BCUT2D eigenvalue weighted by molar-refractivity contribution is 6.42. The van der Waals surface area contributed by atoms with E-state index in [-0.39, 0.29) is 0 Å². The van der Waals surface area contributed by atoms with Crippen molar-refractivity contribution >= 4 is 34.8 Å². The van der Waals surface area contributed by atoms with Crippen molar-refractivity contribution in [1.82, 2.24) is 0 Å². The van der Waals surface area contributed by atoms with Gasteiger partial charge in [-0.15, -0.1) is 0 Å². The Hall–Kier alpha value is -0.730. The summed E-state index contributed by atoms with van der Waals surface area (Å²) in [5, 5.41) is 11.8. The van der Waals surface area contributed by atoms with Crippen LogP contribution in [0.5, 0.6) is 0 Å². The molecule has 0 amide bonds. The lowest BCUT2D eigenvalue weighted by molar-refractivity contribution is 0.219. The Labute approximate surface area is 121 Å². The van der Waals surface area contributed by atoms with Crippen LogP contribution in [0.25, 0.3) is 0 Å². The number of benzene rings is 2. The first-order valence-corrected chi connectivity index (χ1v) is 6.52. The Morgan fingerprint density at radius 3 is 2.39 bits per heavy atom. The second-order valence-electron chi connectivity index (χ2n) is 4.05. The monoisotopic (exact) mass is 300 g/mol. The van der Waals surface area contributed by atoms with Crippen molar-refractivity contribution in [1.29, 1.82) is 0 Å². The number of aliphatic hydroxyl groups excluding tert-OH is 1. The van der Waals surface area contributed by atoms with Crippen LogP contribution in [0.3, 0.4) is 0 Å². The van der Waals surface area contributed by atoms with Crippen LogP contribution in [0.15, 0.2) is 36.4 Å². The summed E-state index contributed by atoms with van der Waals surface area (Å²) >= 11 is 17.9. The highest BCUT2D eigenvalue weighted by Gasteiger charge is 2.17. The van der Waals surface area contributed by atoms with Crippen molar-refractivity contribution in [2.75, 3.05) is 0 Å². The number of hydrogen-bond donors (Lipinski definition) is 1. The van der Waals surface area contributed by atoms with E-state index >= 15 is 0 Å². The maximum Gasteiger partial charge on any atom is 0.106 e. The highest BCUT2D eigenvalue weighted by atomic mass is 35.5. The van der Waals surface area contributed by atoms with Gasteiger partial charge in [0.15, 0.2) is 0 Å². The van der Waals surface area contributed by atoms with Crippen molar-refractivity contribution < 1.29 is 5.11 Å². The summed E-state index contributed by atoms with van der Waals surface area (Å²) in [5.74, 6) is 0. The van der Waals surface area contributed by atoms with Crippen molar-refractivity contribution in [2.45, 2.75) is 13.0 Å². The van der Waals surface area contributed by atoms with E-state index in [1.807, 2.05) is 6.92 Å². The topological polar surface area (TPSA) is 20.2 Å². The molecule has 0 saturated heterocycles. The fourth-order valence-electron chi connectivity index (χ4n) is 1.85. The smallest absolute Gasteiger partial charge is 0.106 e. The first kappa shape index (κ1) is 13.7. The molecule has 2 aromatic rings. The predicted octanol–water partition coefficient (Wildman–Crippen LogP) is 5.04. The molecule has 1 nitrogen and oxygen atoms in total. The Morgan fingerprint density at radius 1 is 1.00 bits per heavy atom. The summed E-state index contributed by atoms with van der Waals surface area (Å²) < 4.78 is 0. The van der Waals surface area contributed by atoms with E-state index in [2.05, 4.69) is 0 Å². The molecular weight excluding hydrogens is 291 g/mol. The van der Waals surface area contributed by atoms with E-state index in [0.717, 1.165) is 11.1 Å². The molecule has 18 heavy (non-hydrogen) atoms. The third-order valence-electron chi connectivity index (χ3n) is 2.80. The minimum absolute atomic E-state index is 0.376. The average molecular weight is 302 g/mol. The van der Waals surface area contributed by atoms with Crippen molar-refractivity contribution in [2.24, 2.45) is 0 Å². The fourth-order valence-corrected chi connectivity index (χ4v) is 2.48. The first-order chi connectivity index (χ1) is 8.50. The molecule has 2 rings (SSSR count). The molecular formula is C14H11Cl3O. The van der Waals surface area contributed by atoms with Gasteiger partial charge in [-0.25, -0.2) is 0 Å². The lowest BCUT2D eigenvalue weighted by atomic mass is 9.97. The Bertz CT molecular complexity index is 581. The quantitative estimate of drug-likeness (QED) is 0.824. The third kappa shape index (κ3) is 2.65. The van der Waals surface area contributed by atoms with Gasteiger partial charge in [0.2, 0.25) is 0 Å². The van der Waals surface area contributed by atoms with Gasteiger partial charge in [-0.05, 0) is 36.2 Å². The lowest BCUT2D eigenvalue weighted by Crippen LogP contribution is -2.03. The molecule has 0 fully saturated rings. The molecule has 1 unspecified atom stereocenters. The van der Waals surface area contributed by atoms with Crippen LogP contribution in [-0.4, -0.2) is 5.11 Å². The summed E-state index contributed by atoms with van der Waals surface area (Å²) in [4.78, 5) is 0. The number of aliphatic hydroxyl groups is 1. The van der Waals surface area contributed by atoms with E-state index in [4.69, 9.17) is 34.8 Å². The fraction of sp³-hybridized carbons (Fsp3) is 0.143. The molecule has 0 radical (unpaired) electrons. The van der Waals surface area contributed by atoms with Gasteiger partial charge in [0.25, 0.3) is 0 Å². The zero-order valence-electron chi connectivity index (χ0n) is 9.62. The van der Waals surface area contributed by atoms with Gasteiger partial charge in [-0.2, -0.15) is 0 Å². The largest absolute Gasteiger partial charge is 0.384 e. The zero-order valence-corrected chi connectivity index (χ0v) is 11.9. The molecule has 0 bridgehead atoms. The predicted molar refractivity (Wildman–Crippen MR) is 76.7 cm³/mol. The van der Waals surface area contributed by atoms with Gasteiger partial charge in [-0.1, -0.05) is 53.0 Å². The van der Waals surface area contributed by atoms with Crippen LogP contribution >= 0.6 is 34.8 Å². The van der Waals surface area contributed by atoms with Gasteiger partial charge in [-0.3, -0.25) is 0 Å². The van der Waals surface area contributed by atoms with E-state index in [1.54, 1.807) is 36.4 Å². The zero-order chi connectivity index (χ0) is 13.3. The molecule has 0 aliphatic carbocycles. The van der Waals surface area contributed by atoms with Crippen molar-refractivity contribution in [3.8, 4) is 0 Å². The van der Waals surface area contributed by atoms with Crippen LogP contribution in [-0.2, 0) is 0 Å². The minimum Gasteiger partial charge on any atom is -0.384 e. The minimum atomic E-state index is -0.812. The lowest BCUT2D eigenvalue weighted by Gasteiger charge is -2.16. The van der Waals surface area contributed by atoms with Crippen LogP contribution in [0.4, 0.5) is 0 Å². The second-order valence-corrected chi connectivity index (χ2v) is 5.27. The van der Waals surface area contributed by atoms with Crippen LogP contribution in [0.2, 0.25) is 15.1 Å². The molecule has 0 saturated carbocycles. The summed E-state index contributed by atoms with van der Waals surface area (Å²) in [6.45, 7) is 1.89. The molecule has 0 heterocycles. The molecule has 0 aliphatic rings.